The lowest BCUT2D eigenvalue weighted by Crippen LogP contribution is -2.43. The lowest BCUT2D eigenvalue weighted by Gasteiger charge is -2.38. The van der Waals surface area contributed by atoms with Crippen LogP contribution in [-0.2, 0) is 4.74 Å². The van der Waals surface area contributed by atoms with Gasteiger partial charge in [-0.2, -0.15) is 0 Å². The summed E-state index contributed by atoms with van der Waals surface area (Å²) in [5.41, 5.74) is 0. The zero-order valence-electron chi connectivity index (χ0n) is 9.53. The fourth-order valence-electron chi connectivity index (χ4n) is 2.51. The number of hydrogen-bond acceptors (Lipinski definition) is 3. The summed E-state index contributed by atoms with van der Waals surface area (Å²) < 4.78 is 5.42. The maximum atomic E-state index is 8.90. The molecule has 1 aliphatic carbocycles. The highest BCUT2D eigenvalue weighted by Crippen LogP contribution is 2.27. The predicted octanol–water partition coefficient (Wildman–Crippen LogP) is 1.26. The summed E-state index contributed by atoms with van der Waals surface area (Å²) in [5.74, 6) is 0.740. The molecule has 3 nitrogen and oxygen atoms in total. The summed E-state index contributed by atoms with van der Waals surface area (Å²) in [6.45, 7) is 4.47. The molecule has 1 atom stereocenters. The molecule has 0 aromatic heterocycles. The molecule has 2 fully saturated rings. The van der Waals surface area contributed by atoms with Gasteiger partial charge in [0.15, 0.2) is 0 Å². The summed E-state index contributed by atoms with van der Waals surface area (Å²) >= 11 is 0. The highest BCUT2D eigenvalue weighted by molar-refractivity contribution is 4.82. The molecular weight excluding hydrogens is 190 g/mol. The van der Waals surface area contributed by atoms with Crippen LogP contribution in [0, 0.1) is 5.92 Å². The van der Waals surface area contributed by atoms with Crippen molar-refractivity contribution in [1.29, 1.82) is 0 Å². The topological polar surface area (TPSA) is 32.7 Å². The van der Waals surface area contributed by atoms with E-state index in [9.17, 15) is 0 Å². The van der Waals surface area contributed by atoms with Crippen LogP contribution in [0.3, 0.4) is 0 Å². The first-order valence-electron chi connectivity index (χ1n) is 6.33. The summed E-state index contributed by atoms with van der Waals surface area (Å²) in [4.78, 5) is 2.58. The first-order chi connectivity index (χ1) is 7.40. The van der Waals surface area contributed by atoms with Gasteiger partial charge in [0.25, 0.3) is 0 Å². The van der Waals surface area contributed by atoms with Crippen molar-refractivity contribution in [3.05, 3.63) is 0 Å². The Morgan fingerprint density at radius 3 is 2.67 bits per heavy atom. The van der Waals surface area contributed by atoms with E-state index >= 15 is 0 Å². The van der Waals surface area contributed by atoms with Crippen LogP contribution >= 0.6 is 0 Å². The fraction of sp³-hybridized carbons (Fsp3) is 1.00. The third-order valence-corrected chi connectivity index (χ3v) is 3.71. The number of aliphatic hydroxyl groups is 1. The number of hydrogen-bond donors (Lipinski definition) is 1. The Hall–Kier alpha value is -0.120. The Morgan fingerprint density at radius 2 is 2.13 bits per heavy atom. The predicted molar refractivity (Wildman–Crippen MR) is 59.8 cm³/mol. The van der Waals surface area contributed by atoms with E-state index in [4.69, 9.17) is 9.84 Å². The molecule has 0 aromatic rings. The van der Waals surface area contributed by atoms with Crippen molar-refractivity contribution in [2.24, 2.45) is 5.92 Å². The minimum atomic E-state index is 0.324. The highest BCUT2D eigenvalue weighted by Gasteiger charge is 2.27. The molecule has 2 aliphatic rings. The minimum Gasteiger partial charge on any atom is -0.396 e. The second-order valence-corrected chi connectivity index (χ2v) is 4.89. The smallest absolute Gasteiger partial charge is 0.0507 e. The van der Waals surface area contributed by atoms with Gasteiger partial charge in [-0.05, 0) is 31.6 Å². The van der Waals surface area contributed by atoms with Crippen molar-refractivity contribution in [3.63, 3.8) is 0 Å². The Labute approximate surface area is 92.4 Å². The molecule has 1 unspecified atom stereocenters. The van der Waals surface area contributed by atoms with Crippen LogP contribution in [0.15, 0.2) is 0 Å². The Kier molecular flexibility index (Phi) is 4.42. The van der Waals surface area contributed by atoms with E-state index in [-0.39, 0.29) is 0 Å². The first kappa shape index (κ1) is 11.4. The first-order valence-corrected chi connectivity index (χ1v) is 6.33. The average Bonchev–Trinajstić information content (AvgIpc) is 2.64. The van der Waals surface area contributed by atoms with E-state index < -0.39 is 0 Å². The van der Waals surface area contributed by atoms with Gasteiger partial charge in [-0.1, -0.05) is 6.42 Å². The maximum Gasteiger partial charge on any atom is 0.0507 e. The van der Waals surface area contributed by atoms with Gasteiger partial charge in [0.05, 0.1) is 6.61 Å². The molecular formula is C12H23NO2. The number of rotatable bonds is 6. The number of nitrogens with zero attached hydrogens (tertiary/aromatic N) is 1. The second kappa shape index (κ2) is 5.83. The van der Waals surface area contributed by atoms with Gasteiger partial charge in [-0.25, -0.2) is 0 Å². The third-order valence-electron chi connectivity index (χ3n) is 3.71. The number of ether oxygens (including phenoxy) is 1. The van der Waals surface area contributed by atoms with Crippen LogP contribution in [0.1, 0.15) is 32.1 Å². The fourth-order valence-corrected chi connectivity index (χ4v) is 2.51. The Bertz CT molecular complexity index is 176. The summed E-state index contributed by atoms with van der Waals surface area (Å²) in [6, 6.07) is 0.803. The molecule has 15 heavy (non-hydrogen) atoms. The van der Waals surface area contributed by atoms with Crippen molar-refractivity contribution < 1.29 is 9.84 Å². The molecule has 2 rings (SSSR count). The van der Waals surface area contributed by atoms with Crippen molar-refractivity contribution in [2.45, 2.75) is 38.1 Å². The molecule has 1 saturated heterocycles. The van der Waals surface area contributed by atoms with Crippen molar-refractivity contribution >= 4 is 0 Å². The molecule has 1 aliphatic heterocycles. The van der Waals surface area contributed by atoms with E-state index in [1.54, 1.807) is 0 Å². The van der Waals surface area contributed by atoms with E-state index in [0.717, 1.165) is 38.1 Å². The van der Waals surface area contributed by atoms with Crippen LogP contribution in [0.25, 0.3) is 0 Å². The average molecular weight is 213 g/mol. The van der Waals surface area contributed by atoms with Gasteiger partial charge in [0, 0.05) is 32.3 Å². The standard InChI is InChI=1S/C12H23NO2/c14-7-2-6-13(12-3-1-4-12)9-11-5-8-15-10-11/h11-12,14H,1-10H2. The molecule has 0 radical (unpaired) electrons. The largest absolute Gasteiger partial charge is 0.396 e. The van der Waals surface area contributed by atoms with Crippen LogP contribution in [0.4, 0.5) is 0 Å². The van der Waals surface area contributed by atoms with E-state index in [2.05, 4.69) is 4.90 Å². The molecule has 3 heteroatoms. The van der Waals surface area contributed by atoms with Crippen molar-refractivity contribution in [2.75, 3.05) is 32.9 Å². The lowest BCUT2D eigenvalue weighted by atomic mass is 9.90. The lowest BCUT2D eigenvalue weighted by molar-refractivity contribution is 0.0922. The van der Waals surface area contributed by atoms with Gasteiger partial charge in [0.1, 0.15) is 0 Å². The van der Waals surface area contributed by atoms with Gasteiger partial charge < -0.3 is 9.84 Å². The zero-order chi connectivity index (χ0) is 10.5. The third kappa shape index (κ3) is 3.16. The van der Waals surface area contributed by atoms with Gasteiger partial charge in [-0.3, -0.25) is 4.90 Å². The molecule has 0 amide bonds. The van der Waals surface area contributed by atoms with Crippen molar-refractivity contribution in [1.82, 2.24) is 4.90 Å². The summed E-state index contributed by atoms with van der Waals surface area (Å²) in [7, 11) is 0. The molecule has 1 heterocycles. The van der Waals surface area contributed by atoms with Gasteiger partial charge >= 0.3 is 0 Å². The maximum absolute atomic E-state index is 8.90. The summed E-state index contributed by atoms with van der Waals surface area (Å²) in [5, 5.41) is 8.90. The second-order valence-electron chi connectivity index (χ2n) is 4.89. The zero-order valence-corrected chi connectivity index (χ0v) is 9.53. The quantitative estimate of drug-likeness (QED) is 0.721. The molecule has 0 aromatic carbocycles. The van der Waals surface area contributed by atoms with Gasteiger partial charge in [-0.15, -0.1) is 0 Å². The van der Waals surface area contributed by atoms with E-state index in [1.807, 2.05) is 0 Å². The molecule has 0 spiro atoms. The Balaban J connectivity index is 1.75. The molecule has 88 valence electrons. The van der Waals surface area contributed by atoms with Gasteiger partial charge in [0.2, 0.25) is 0 Å². The number of aliphatic hydroxyl groups excluding tert-OH is 1. The molecule has 1 saturated carbocycles. The van der Waals surface area contributed by atoms with E-state index in [0.29, 0.717) is 6.61 Å². The minimum absolute atomic E-state index is 0.324. The van der Waals surface area contributed by atoms with Crippen LogP contribution in [-0.4, -0.2) is 49.0 Å². The summed E-state index contributed by atoms with van der Waals surface area (Å²) in [6.07, 6.45) is 6.26. The van der Waals surface area contributed by atoms with Crippen molar-refractivity contribution in [3.8, 4) is 0 Å². The SMILES string of the molecule is OCCCN(CC1CCOC1)C1CCC1. The highest BCUT2D eigenvalue weighted by atomic mass is 16.5. The van der Waals surface area contributed by atoms with E-state index in [1.165, 1.54) is 32.2 Å². The molecule has 0 bridgehead atoms. The molecule has 1 N–H and O–H groups in total. The van der Waals surface area contributed by atoms with Crippen LogP contribution in [0.2, 0.25) is 0 Å². The normalized spacial score (nSPS) is 27.2. The monoisotopic (exact) mass is 213 g/mol. The van der Waals surface area contributed by atoms with Crippen LogP contribution in [0.5, 0.6) is 0 Å². The Morgan fingerprint density at radius 1 is 1.27 bits per heavy atom. The van der Waals surface area contributed by atoms with Crippen LogP contribution < -0.4 is 0 Å².